The van der Waals surface area contributed by atoms with Crippen molar-refractivity contribution in [1.82, 2.24) is 0 Å². The zero-order valence-corrected chi connectivity index (χ0v) is 13.3. The molecule has 2 unspecified atom stereocenters. The van der Waals surface area contributed by atoms with E-state index in [1.54, 1.807) is 0 Å². The molecule has 0 N–H and O–H groups in total. The Kier molecular flexibility index (Phi) is 5.05. The fourth-order valence-electron chi connectivity index (χ4n) is 3.61. The predicted octanol–water partition coefficient (Wildman–Crippen LogP) is 5.55. The molecule has 108 valence electrons. The fraction of sp³-hybridized carbons (Fsp3) is 0.474. The molecule has 2 atom stereocenters. The lowest BCUT2D eigenvalue weighted by Crippen LogP contribution is -2.31. The minimum absolute atomic E-state index is 0.592. The third kappa shape index (κ3) is 2.54. The summed E-state index contributed by atoms with van der Waals surface area (Å²) in [5.74, 6) is 0.668. The summed E-state index contributed by atoms with van der Waals surface area (Å²) < 4.78 is 0. The first kappa shape index (κ1) is 14.9. The molecule has 1 aliphatic rings. The smallest absolute Gasteiger partial charge is 0.0413 e. The summed E-state index contributed by atoms with van der Waals surface area (Å²) in [4.78, 5) is 2.55. The van der Waals surface area contributed by atoms with Gasteiger partial charge in [0.05, 0.1) is 0 Å². The first-order valence-corrected chi connectivity index (χ1v) is 7.95. The Hall–Kier alpha value is -1.50. The number of benzene rings is 1. The van der Waals surface area contributed by atoms with Gasteiger partial charge in [-0.05, 0) is 44.4 Å². The minimum atomic E-state index is 0.592. The van der Waals surface area contributed by atoms with Crippen LogP contribution in [0.2, 0.25) is 0 Å². The molecule has 1 aromatic rings. The average Bonchev–Trinajstić information content (AvgIpc) is 2.81. The van der Waals surface area contributed by atoms with Crippen molar-refractivity contribution in [1.29, 1.82) is 0 Å². The lowest BCUT2D eigenvalue weighted by Gasteiger charge is -2.29. The monoisotopic (exact) mass is 269 g/mol. The van der Waals surface area contributed by atoms with E-state index in [9.17, 15) is 0 Å². The van der Waals surface area contributed by atoms with E-state index in [1.165, 1.54) is 36.2 Å². The van der Waals surface area contributed by atoms with Crippen molar-refractivity contribution in [2.24, 2.45) is 5.92 Å². The zero-order valence-electron chi connectivity index (χ0n) is 13.3. The van der Waals surface area contributed by atoms with E-state index in [0.717, 1.165) is 0 Å². The van der Waals surface area contributed by atoms with Gasteiger partial charge in [-0.25, -0.2) is 0 Å². The molecular weight excluding hydrogens is 242 g/mol. The molecule has 1 heteroatoms. The maximum absolute atomic E-state index is 2.55. The van der Waals surface area contributed by atoms with Gasteiger partial charge in [0.1, 0.15) is 0 Å². The second kappa shape index (κ2) is 6.78. The van der Waals surface area contributed by atoms with E-state index >= 15 is 0 Å². The highest BCUT2D eigenvalue weighted by Gasteiger charge is 2.39. The summed E-state index contributed by atoms with van der Waals surface area (Å²) in [6.07, 6.45) is 8.31. The van der Waals surface area contributed by atoms with Crippen LogP contribution in [0.5, 0.6) is 0 Å². The van der Waals surface area contributed by atoms with E-state index in [0.29, 0.717) is 12.0 Å². The molecule has 1 nitrogen and oxygen atoms in total. The first-order valence-electron chi connectivity index (χ1n) is 7.95. The van der Waals surface area contributed by atoms with Crippen molar-refractivity contribution >= 4 is 5.69 Å². The molecule has 0 aromatic heterocycles. The van der Waals surface area contributed by atoms with Crippen LogP contribution in [-0.4, -0.2) is 6.04 Å². The van der Waals surface area contributed by atoms with Crippen LogP contribution in [0.4, 0.5) is 5.69 Å². The van der Waals surface area contributed by atoms with Crippen LogP contribution in [0.3, 0.4) is 0 Å². The zero-order chi connectivity index (χ0) is 14.5. The van der Waals surface area contributed by atoms with Gasteiger partial charge in [-0.2, -0.15) is 0 Å². The molecule has 0 aliphatic carbocycles. The number of anilines is 1. The largest absolute Gasteiger partial charge is 0.338 e. The quantitative estimate of drug-likeness (QED) is 0.692. The van der Waals surface area contributed by atoms with Gasteiger partial charge in [0.2, 0.25) is 0 Å². The molecule has 0 bridgehead atoms. The lowest BCUT2D eigenvalue weighted by molar-refractivity contribution is 0.468. The van der Waals surface area contributed by atoms with Crippen LogP contribution in [0.25, 0.3) is 0 Å². The highest BCUT2D eigenvalue weighted by molar-refractivity contribution is 5.62. The first-order chi connectivity index (χ1) is 9.78. The molecule has 1 saturated heterocycles. The summed E-state index contributed by atoms with van der Waals surface area (Å²) in [7, 11) is 0. The number of rotatable bonds is 4. The van der Waals surface area contributed by atoms with Crippen LogP contribution in [0.15, 0.2) is 53.8 Å². The van der Waals surface area contributed by atoms with Crippen LogP contribution < -0.4 is 4.90 Å². The number of allylic oxidation sites excluding steroid dienone is 3. The Bertz CT molecular complexity index is 484. The molecule has 1 fully saturated rings. The molecule has 1 aromatic carbocycles. The van der Waals surface area contributed by atoms with Gasteiger partial charge < -0.3 is 4.90 Å². The van der Waals surface area contributed by atoms with Crippen LogP contribution in [0, 0.1) is 5.92 Å². The Morgan fingerprint density at radius 1 is 1.05 bits per heavy atom. The van der Waals surface area contributed by atoms with Gasteiger partial charge >= 0.3 is 0 Å². The Morgan fingerprint density at radius 3 is 2.25 bits per heavy atom. The van der Waals surface area contributed by atoms with Gasteiger partial charge in [0.15, 0.2) is 0 Å². The van der Waals surface area contributed by atoms with Crippen molar-refractivity contribution < 1.29 is 0 Å². The molecule has 0 amide bonds. The number of nitrogens with zero attached hydrogens (tertiary/aromatic N) is 1. The molecule has 0 radical (unpaired) electrons. The number of hydrogen-bond donors (Lipinski definition) is 0. The van der Waals surface area contributed by atoms with Gasteiger partial charge in [-0.3, -0.25) is 0 Å². The highest BCUT2D eigenvalue weighted by Crippen LogP contribution is 2.44. The molecule has 2 rings (SSSR count). The summed E-state index contributed by atoms with van der Waals surface area (Å²) in [5, 5.41) is 0. The minimum Gasteiger partial charge on any atom is -0.338 e. The maximum Gasteiger partial charge on any atom is 0.0413 e. The van der Waals surface area contributed by atoms with Gasteiger partial charge in [-0.1, -0.05) is 50.6 Å². The average molecular weight is 269 g/mol. The third-order valence-electron chi connectivity index (χ3n) is 4.39. The molecule has 0 spiro atoms. The molecular formula is C19H27N. The fourth-order valence-corrected chi connectivity index (χ4v) is 3.61. The van der Waals surface area contributed by atoms with Crippen molar-refractivity contribution in [3.63, 3.8) is 0 Å². The second-order valence-electron chi connectivity index (χ2n) is 5.49. The van der Waals surface area contributed by atoms with E-state index in [-0.39, 0.29) is 0 Å². The molecule has 1 heterocycles. The third-order valence-corrected chi connectivity index (χ3v) is 4.39. The van der Waals surface area contributed by atoms with E-state index < -0.39 is 0 Å². The van der Waals surface area contributed by atoms with Gasteiger partial charge in [0.25, 0.3) is 0 Å². The van der Waals surface area contributed by atoms with Crippen molar-refractivity contribution in [2.45, 2.75) is 53.0 Å². The van der Waals surface area contributed by atoms with Crippen LogP contribution in [-0.2, 0) is 0 Å². The molecule has 20 heavy (non-hydrogen) atoms. The Morgan fingerprint density at radius 2 is 1.75 bits per heavy atom. The van der Waals surface area contributed by atoms with Crippen LogP contribution in [0.1, 0.15) is 47.0 Å². The lowest BCUT2D eigenvalue weighted by atomic mass is 9.89. The standard InChI is InChI=1S/C19H27N/c1-5-12-17-16(6-2)18(7-3)20(19(17)8-4)15-13-10-9-11-14-15/h6-7,9-11,13-14,17,19H,5,8,12H2,1-4H3. The van der Waals surface area contributed by atoms with Gasteiger partial charge in [-0.15, -0.1) is 0 Å². The summed E-state index contributed by atoms with van der Waals surface area (Å²) >= 11 is 0. The summed E-state index contributed by atoms with van der Waals surface area (Å²) in [5.41, 5.74) is 4.26. The molecule has 1 aliphatic heterocycles. The van der Waals surface area contributed by atoms with Crippen molar-refractivity contribution in [3.8, 4) is 0 Å². The summed E-state index contributed by atoms with van der Waals surface area (Å²) in [6.45, 7) is 8.95. The topological polar surface area (TPSA) is 3.24 Å². The maximum atomic E-state index is 2.55. The van der Waals surface area contributed by atoms with Gasteiger partial charge in [0, 0.05) is 23.3 Å². The SMILES string of the molecule is CC=C1C(=CC)N(c2ccccc2)C(CC)C1CCC. The Labute approximate surface area is 124 Å². The number of hydrogen-bond acceptors (Lipinski definition) is 1. The van der Waals surface area contributed by atoms with E-state index in [2.05, 4.69) is 75.1 Å². The second-order valence-corrected chi connectivity index (χ2v) is 5.49. The highest BCUT2D eigenvalue weighted by atomic mass is 15.2. The normalized spacial score (nSPS) is 26.7. The number of para-hydroxylation sites is 1. The van der Waals surface area contributed by atoms with Crippen molar-refractivity contribution in [2.75, 3.05) is 4.90 Å². The van der Waals surface area contributed by atoms with Crippen molar-refractivity contribution in [3.05, 3.63) is 53.8 Å². The Balaban J connectivity index is 2.48. The summed E-state index contributed by atoms with van der Waals surface area (Å²) in [6, 6.07) is 11.4. The predicted molar refractivity (Wildman–Crippen MR) is 88.9 cm³/mol. The molecule has 0 saturated carbocycles. The van der Waals surface area contributed by atoms with Crippen LogP contribution >= 0.6 is 0 Å². The van der Waals surface area contributed by atoms with E-state index in [4.69, 9.17) is 0 Å². The van der Waals surface area contributed by atoms with E-state index in [1.807, 2.05) is 0 Å².